The van der Waals surface area contributed by atoms with Crippen molar-refractivity contribution >= 4 is 41.4 Å². The number of carbonyl (C=O) groups excluding carboxylic acids is 5. The number of hydrogen-bond donors (Lipinski definition) is 2. The number of para-hydroxylation sites is 1. The summed E-state index contributed by atoms with van der Waals surface area (Å²) in [5, 5.41) is 10.0. The third kappa shape index (κ3) is 3.73. The Morgan fingerprint density at radius 2 is 1.78 bits per heavy atom. The van der Waals surface area contributed by atoms with Crippen molar-refractivity contribution in [2.75, 3.05) is 12.0 Å². The number of hydrogen-bond acceptors (Lipinski definition) is 7. The number of phenols is 1. The Balaban J connectivity index is 1.48. The molecular formula is C31H29N3O7. The number of fused-ring (bicyclic) bond motifs is 4. The van der Waals surface area contributed by atoms with E-state index < -0.39 is 52.8 Å². The first kappa shape index (κ1) is 26.5. The summed E-state index contributed by atoms with van der Waals surface area (Å²) in [5.41, 5.74) is 6.16. The number of primary amides is 1. The number of nitrogens with zero attached hydrogens (tertiary/aromatic N) is 2. The van der Waals surface area contributed by atoms with Gasteiger partial charge < -0.3 is 15.6 Å². The molecule has 4 aliphatic rings. The summed E-state index contributed by atoms with van der Waals surface area (Å²) in [6.45, 7) is 1.79. The number of allylic oxidation sites excluding steroid dienone is 3. The summed E-state index contributed by atoms with van der Waals surface area (Å²) in [7, 11) is 1.44. The van der Waals surface area contributed by atoms with Crippen LogP contribution in [-0.2, 0) is 19.2 Å². The second kappa shape index (κ2) is 9.43. The van der Waals surface area contributed by atoms with E-state index in [1.165, 1.54) is 18.1 Å². The number of nitrogens with two attached hydrogens (primary N) is 1. The van der Waals surface area contributed by atoms with Crippen LogP contribution >= 0.6 is 0 Å². The van der Waals surface area contributed by atoms with Crippen molar-refractivity contribution in [3.63, 3.8) is 0 Å². The molecule has 1 saturated carbocycles. The maximum absolute atomic E-state index is 14.2. The summed E-state index contributed by atoms with van der Waals surface area (Å²) in [6, 6.07) is 12.4. The van der Waals surface area contributed by atoms with Gasteiger partial charge in [-0.15, -0.1) is 0 Å². The molecule has 2 saturated heterocycles. The molecule has 6 rings (SSSR count). The number of amides is 6. The Morgan fingerprint density at radius 3 is 2.46 bits per heavy atom. The number of imide groups is 4. The van der Waals surface area contributed by atoms with Crippen LogP contribution in [0.15, 0.2) is 66.3 Å². The Kier molecular flexibility index (Phi) is 6.09. The molecule has 0 radical (unpaired) electrons. The smallest absolute Gasteiger partial charge is 0.328 e. The molecule has 0 spiro atoms. The number of anilines is 1. The lowest BCUT2D eigenvalue weighted by Crippen LogP contribution is -2.49. The highest BCUT2D eigenvalue weighted by Crippen LogP contribution is 2.61. The summed E-state index contributed by atoms with van der Waals surface area (Å²) in [4.78, 5) is 68.3. The van der Waals surface area contributed by atoms with Gasteiger partial charge >= 0.3 is 6.03 Å². The molecule has 210 valence electrons. The van der Waals surface area contributed by atoms with E-state index in [2.05, 4.69) is 0 Å². The molecule has 2 heterocycles. The highest BCUT2D eigenvalue weighted by Gasteiger charge is 2.67. The van der Waals surface area contributed by atoms with Crippen LogP contribution in [0.4, 0.5) is 10.5 Å². The second-order valence-electron chi connectivity index (χ2n) is 11.2. The van der Waals surface area contributed by atoms with Crippen LogP contribution in [0.25, 0.3) is 6.08 Å². The molecular weight excluding hydrogens is 526 g/mol. The fourth-order valence-corrected chi connectivity index (χ4v) is 7.26. The van der Waals surface area contributed by atoms with Gasteiger partial charge in [0.05, 0.1) is 36.0 Å². The van der Waals surface area contributed by atoms with Gasteiger partial charge in [-0.25, -0.2) is 9.69 Å². The fraction of sp³-hybridized carbons (Fsp3) is 0.323. The summed E-state index contributed by atoms with van der Waals surface area (Å²) in [5.74, 6) is -5.24. The van der Waals surface area contributed by atoms with Gasteiger partial charge in [0, 0.05) is 5.92 Å². The third-order valence-corrected chi connectivity index (χ3v) is 9.27. The molecule has 0 bridgehead atoms. The monoisotopic (exact) mass is 555 g/mol. The Labute approximate surface area is 236 Å². The van der Waals surface area contributed by atoms with Crippen LogP contribution < -0.4 is 15.4 Å². The van der Waals surface area contributed by atoms with Crippen molar-refractivity contribution in [3.05, 3.63) is 71.8 Å². The quantitative estimate of drug-likeness (QED) is 0.435. The molecule has 6 atom stereocenters. The van der Waals surface area contributed by atoms with Gasteiger partial charge in [0.25, 0.3) is 0 Å². The van der Waals surface area contributed by atoms with Gasteiger partial charge in [0.15, 0.2) is 11.5 Å². The van der Waals surface area contributed by atoms with Crippen LogP contribution in [0.1, 0.15) is 25.3 Å². The van der Waals surface area contributed by atoms with Gasteiger partial charge in [-0.3, -0.25) is 19.2 Å². The van der Waals surface area contributed by atoms with E-state index in [1.807, 2.05) is 12.2 Å². The van der Waals surface area contributed by atoms with E-state index in [1.54, 1.807) is 55.5 Å². The molecule has 6 unspecified atom stereocenters. The van der Waals surface area contributed by atoms with E-state index in [0.717, 1.165) is 5.57 Å². The maximum atomic E-state index is 14.2. The summed E-state index contributed by atoms with van der Waals surface area (Å²) >= 11 is 0. The van der Waals surface area contributed by atoms with Crippen molar-refractivity contribution < 1.29 is 33.8 Å². The van der Waals surface area contributed by atoms with Gasteiger partial charge in [0.2, 0.25) is 23.6 Å². The molecule has 41 heavy (non-hydrogen) atoms. The number of phenolic OH excluding ortho intramolecular Hbond substituents is 1. The minimum atomic E-state index is -1.17. The van der Waals surface area contributed by atoms with Crippen LogP contribution in [0.5, 0.6) is 11.5 Å². The number of rotatable bonds is 4. The molecule has 2 aromatic carbocycles. The lowest BCUT2D eigenvalue weighted by molar-refractivity contribution is -0.136. The molecule has 2 aliphatic heterocycles. The van der Waals surface area contributed by atoms with Crippen molar-refractivity contribution in [3.8, 4) is 11.5 Å². The van der Waals surface area contributed by atoms with Crippen LogP contribution in [-0.4, -0.2) is 46.8 Å². The minimum absolute atomic E-state index is 0.0195. The first-order valence-electron chi connectivity index (χ1n) is 13.5. The number of benzene rings is 2. The average Bonchev–Trinajstić information content (AvgIpc) is 3.33. The summed E-state index contributed by atoms with van der Waals surface area (Å²) < 4.78 is 5.23. The molecule has 2 aliphatic carbocycles. The van der Waals surface area contributed by atoms with Crippen molar-refractivity contribution in [2.45, 2.75) is 19.8 Å². The lowest BCUT2D eigenvalue weighted by atomic mass is 9.52. The number of likely N-dealkylation sites (tertiary alicyclic amines) is 1. The van der Waals surface area contributed by atoms with Crippen molar-refractivity contribution in [1.82, 2.24) is 4.90 Å². The molecule has 6 amide bonds. The van der Waals surface area contributed by atoms with Crippen LogP contribution in [0, 0.1) is 35.0 Å². The number of urea groups is 1. The Bertz CT molecular complexity index is 1560. The molecule has 10 nitrogen and oxygen atoms in total. The minimum Gasteiger partial charge on any atom is -0.504 e. The highest BCUT2D eigenvalue weighted by atomic mass is 16.5. The standard InChI is InChI=1S/C31H29N3O7/c1-31-21(12-8-16-9-13-23(35)24(14-16)41-2)18-10-11-19-25(28(38)34(26(19)36)30(32)40)20(18)15-22(31)27(37)33(29(31)39)17-6-4-3-5-7-17/h3-10,12-14,19-22,25,35H,11,15H2,1-2H3,(H2,32,40). The van der Waals surface area contributed by atoms with E-state index in [-0.39, 0.29) is 36.2 Å². The topological polar surface area (TPSA) is 147 Å². The molecule has 2 aromatic rings. The number of carbonyl (C=O) groups is 5. The fourth-order valence-electron chi connectivity index (χ4n) is 7.26. The second-order valence-corrected chi connectivity index (χ2v) is 11.2. The Hall–Kier alpha value is -4.73. The van der Waals surface area contributed by atoms with Gasteiger partial charge in [-0.1, -0.05) is 48.1 Å². The predicted molar refractivity (Wildman–Crippen MR) is 147 cm³/mol. The number of ether oxygens (including phenoxy) is 1. The average molecular weight is 556 g/mol. The zero-order valence-corrected chi connectivity index (χ0v) is 22.5. The summed E-state index contributed by atoms with van der Waals surface area (Å²) in [6.07, 6.45) is 5.93. The van der Waals surface area contributed by atoms with Crippen molar-refractivity contribution in [2.24, 2.45) is 40.7 Å². The number of aromatic hydroxyl groups is 1. The lowest BCUT2D eigenvalue weighted by Gasteiger charge is -2.47. The first-order chi connectivity index (χ1) is 19.6. The first-order valence-corrected chi connectivity index (χ1v) is 13.5. The Morgan fingerprint density at radius 1 is 1.05 bits per heavy atom. The third-order valence-electron chi connectivity index (χ3n) is 9.27. The van der Waals surface area contributed by atoms with E-state index >= 15 is 0 Å². The molecule has 0 aromatic heterocycles. The number of methoxy groups -OCH3 is 1. The SMILES string of the molecule is COc1cc(C=CC2C3=CCC4C(=O)N(C(N)=O)C(=O)C4C3CC3C(=O)N(c4ccccc4)C(=O)C23C)ccc1O. The van der Waals surface area contributed by atoms with Gasteiger partial charge in [-0.05, 0) is 55.5 Å². The molecule has 10 heteroatoms. The van der Waals surface area contributed by atoms with Gasteiger partial charge in [-0.2, -0.15) is 4.90 Å². The highest BCUT2D eigenvalue weighted by molar-refractivity contribution is 6.24. The predicted octanol–water partition coefficient (Wildman–Crippen LogP) is 3.26. The zero-order chi connectivity index (χ0) is 29.2. The molecule has 3 fully saturated rings. The van der Waals surface area contributed by atoms with Crippen molar-refractivity contribution in [1.29, 1.82) is 0 Å². The maximum Gasteiger partial charge on any atom is 0.328 e. The zero-order valence-electron chi connectivity index (χ0n) is 22.5. The van der Waals surface area contributed by atoms with E-state index in [0.29, 0.717) is 16.2 Å². The van der Waals surface area contributed by atoms with E-state index in [4.69, 9.17) is 10.5 Å². The van der Waals surface area contributed by atoms with Crippen LogP contribution in [0.2, 0.25) is 0 Å². The largest absolute Gasteiger partial charge is 0.504 e. The van der Waals surface area contributed by atoms with Crippen LogP contribution in [0.3, 0.4) is 0 Å². The normalized spacial score (nSPS) is 30.8. The van der Waals surface area contributed by atoms with Gasteiger partial charge in [0.1, 0.15) is 0 Å². The molecule has 3 N–H and O–H groups in total. The van der Waals surface area contributed by atoms with E-state index in [9.17, 15) is 29.1 Å².